The third kappa shape index (κ3) is 5.24. The average molecular weight is 455 g/mol. The summed E-state index contributed by atoms with van der Waals surface area (Å²) >= 11 is 0. The molecular weight excluding hydrogens is 434 g/mol. The second-order valence-electron chi connectivity index (χ2n) is 7.45. The minimum atomic E-state index is -0.780. The minimum absolute atomic E-state index is 0.0518. The largest absolute Gasteiger partial charge is 0.451 e. The topological polar surface area (TPSA) is 105 Å². The van der Waals surface area contributed by atoms with Crippen LogP contribution >= 0.6 is 0 Å². The van der Waals surface area contributed by atoms with Crippen LogP contribution in [0.3, 0.4) is 0 Å². The van der Waals surface area contributed by atoms with Crippen molar-refractivity contribution in [3.8, 4) is 0 Å². The van der Waals surface area contributed by atoms with Crippen LogP contribution in [0.25, 0.3) is 0 Å². The Morgan fingerprint density at radius 2 is 1.50 bits per heavy atom. The number of carbonyl (C=O) groups excluding carboxylic acids is 4. The molecule has 3 aromatic carbocycles. The molecule has 1 aliphatic heterocycles. The molecule has 0 spiro atoms. The number of anilines is 2. The highest BCUT2D eigenvalue weighted by Crippen LogP contribution is 2.21. The zero-order chi connectivity index (χ0) is 23.9. The number of esters is 1. The molecule has 170 valence electrons. The molecule has 34 heavy (non-hydrogen) atoms. The van der Waals surface area contributed by atoms with Gasteiger partial charge in [-0.15, -0.1) is 0 Å². The number of ketones is 1. The van der Waals surface area contributed by atoms with E-state index in [-0.39, 0.29) is 30.2 Å². The van der Waals surface area contributed by atoms with Crippen LogP contribution in [0.2, 0.25) is 0 Å². The van der Waals surface area contributed by atoms with Gasteiger partial charge < -0.3 is 10.1 Å². The maximum absolute atomic E-state index is 12.8. The Kier molecular flexibility index (Phi) is 6.88. The SMILES string of the molecule is O=C(COC(=O)C1=NN(c2ccccc2)C(=O)CC1)Nc1ccccc1C(=O)c1ccccc1. The molecule has 4 rings (SSSR count). The quantitative estimate of drug-likeness (QED) is 0.433. The van der Waals surface area contributed by atoms with E-state index in [4.69, 9.17) is 4.74 Å². The molecule has 1 aliphatic rings. The van der Waals surface area contributed by atoms with Crippen LogP contribution in [0.1, 0.15) is 28.8 Å². The van der Waals surface area contributed by atoms with Gasteiger partial charge in [-0.1, -0.05) is 60.7 Å². The first kappa shape index (κ1) is 22.6. The number of benzene rings is 3. The lowest BCUT2D eigenvalue weighted by Crippen LogP contribution is -2.35. The van der Waals surface area contributed by atoms with E-state index < -0.39 is 18.5 Å². The monoisotopic (exact) mass is 455 g/mol. The van der Waals surface area contributed by atoms with Crippen molar-refractivity contribution in [3.63, 3.8) is 0 Å². The molecule has 3 aromatic rings. The van der Waals surface area contributed by atoms with Gasteiger partial charge in [0, 0.05) is 24.0 Å². The first-order chi connectivity index (χ1) is 16.5. The van der Waals surface area contributed by atoms with Crippen LogP contribution in [0.15, 0.2) is 90.0 Å². The van der Waals surface area contributed by atoms with E-state index in [2.05, 4.69) is 10.4 Å². The second kappa shape index (κ2) is 10.4. The lowest BCUT2D eigenvalue weighted by atomic mass is 10.0. The predicted octanol–water partition coefficient (Wildman–Crippen LogP) is 3.58. The van der Waals surface area contributed by atoms with Crippen LogP contribution in [0.4, 0.5) is 11.4 Å². The number of hydrogen-bond acceptors (Lipinski definition) is 6. The average Bonchev–Trinajstić information content (AvgIpc) is 2.88. The number of amides is 2. The molecule has 0 aliphatic carbocycles. The van der Waals surface area contributed by atoms with Gasteiger partial charge >= 0.3 is 5.97 Å². The van der Waals surface area contributed by atoms with Crippen LogP contribution in [0, 0.1) is 0 Å². The molecule has 0 aromatic heterocycles. The number of nitrogens with zero attached hydrogens (tertiary/aromatic N) is 2. The van der Waals surface area contributed by atoms with Crippen LogP contribution < -0.4 is 10.3 Å². The third-order valence-electron chi connectivity index (χ3n) is 5.09. The van der Waals surface area contributed by atoms with Crippen molar-refractivity contribution in [2.75, 3.05) is 16.9 Å². The number of hydrogen-bond donors (Lipinski definition) is 1. The Bertz CT molecular complexity index is 1260. The summed E-state index contributed by atoms with van der Waals surface area (Å²) in [6.07, 6.45) is 0.223. The van der Waals surface area contributed by atoms with E-state index in [1.165, 1.54) is 0 Å². The van der Waals surface area contributed by atoms with E-state index in [1.807, 2.05) is 6.07 Å². The van der Waals surface area contributed by atoms with Gasteiger partial charge in [-0.2, -0.15) is 5.10 Å². The van der Waals surface area contributed by atoms with E-state index >= 15 is 0 Å². The van der Waals surface area contributed by atoms with Crippen molar-refractivity contribution in [2.45, 2.75) is 12.8 Å². The Labute approximate surface area is 195 Å². The van der Waals surface area contributed by atoms with Crippen molar-refractivity contribution in [3.05, 3.63) is 96.1 Å². The lowest BCUT2D eigenvalue weighted by Gasteiger charge is -2.22. The normalized spacial score (nSPS) is 13.1. The number of para-hydroxylation sites is 2. The Hall–Kier alpha value is -4.59. The van der Waals surface area contributed by atoms with Gasteiger partial charge in [0.1, 0.15) is 5.71 Å². The van der Waals surface area contributed by atoms with Gasteiger partial charge in [-0.3, -0.25) is 14.4 Å². The van der Waals surface area contributed by atoms with Crippen LogP contribution in [-0.2, 0) is 19.1 Å². The minimum Gasteiger partial charge on any atom is -0.451 e. The fourth-order valence-corrected chi connectivity index (χ4v) is 3.41. The molecule has 8 heteroatoms. The molecule has 1 N–H and O–H groups in total. The second-order valence-corrected chi connectivity index (χ2v) is 7.45. The summed E-state index contributed by atoms with van der Waals surface area (Å²) in [7, 11) is 0. The van der Waals surface area contributed by atoms with Gasteiger partial charge in [0.2, 0.25) is 5.91 Å². The van der Waals surface area contributed by atoms with E-state index in [0.717, 1.165) is 5.01 Å². The summed E-state index contributed by atoms with van der Waals surface area (Å²) < 4.78 is 5.12. The number of hydrazone groups is 1. The molecule has 0 radical (unpaired) electrons. The Morgan fingerprint density at radius 1 is 0.853 bits per heavy atom. The Morgan fingerprint density at radius 3 is 2.24 bits per heavy atom. The summed E-state index contributed by atoms with van der Waals surface area (Å²) in [5.74, 6) is -1.86. The lowest BCUT2D eigenvalue weighted by molar-refractivity contribution is -0.140. The zero-order valence-electron chi connectivity index (χ0n) is 18.1. The number of ether oxygens (including phenoxy) is 1. The van der Waals surface area contributed by atoms with Gasteiger partial charge in [0.15, 0.2) is 12.4 Å². The molecule has 0 saturated carbocycles. The summed E-state index contributed by atoms with van der Waals surface area (Å²) in [6, 6.07) is 24.1. The van der Waals surface area contributed by atoms with E-state index in [0.29, 0.717) is 22.5 Å². The van der Waals surface area contributed by atoms with Crippen molar-refractivity contribution >= 4 is 40.7 Å². The standard InChI is InChI=1S/C26H21N3O5/c30-23(27-21-14-8-7-13-20(21)25(32)18-9-3-1-4-10-18)17-34-26(33)22-15-16-24(31)29(28-22)19-11-5-2-6-12-19/h1-14H,15-17H2,(H,27,30). The van der Waals surface area contributed by atoms with Gasteiger partial charge in [-0.25, -0.2) is 9.80 Å². The molecule has 1 heterocycles. The van der Waals surface area contributed by atoms with E-state index in [1.54, 1.807) is 78.9 Å². The fourth-order valence-electron chi connectivity index (χ4n) is 3.41. The number of nitrogens with one attached hydrogen (secondary N) is 1. The summed E-state index contributed by atoms with van der Waals surface area (Å²) in [5.41, 5.74) is 1.71. The maximum Gasteiger partial charge on any atom is 0.355 e. The first-order valence-corrected chi connectivity index (χ1v) is 10.6. The molecule has 0 fully saturated rings. The van der Waals surface area contributed by atoms with Crippen molar-refractivity contribution in [1.82, 2.24) is 0 Å². The zero-order valence-corrected chi connectivity index (χ0v) is 18.1. The number of carbonyl (C=O) groups is 4. The third-order valence-corrected chi connectivity index (χ3v) is 5.09. The molecule has 0 bridgehead atoms. The highest BCUT2D eigenvalue weighted by atomic mass is 16.5. The highest BCUT2D eigenvalue weighted by molar-refractivity contribution is 6.38. The van der Waals surface area contributed by atoms with Gasteiger partial charge in [-0.05, 0) is 24.3 Å². The summed E-state index contributed by atoms with van der Waals surface area (Å²) in [4.78, 5) is 49.9. The van der Waals surface area contributed by atoms with Crippen molar-refractivity contribution in [1.29, 1.82) is 0 Å². The number of rotatable bonds is 7. The van der Waals surface area contributed by atoms with Crippen molar-refractivity contribution in [2.24, 2.45) is 5.10 Å². The maximum atomic E-state index is 12.8. The molecular formula is C26H21N3O5. The smallest absolute Gasteiger partial charge is 0.355 e. The van der Waals surface area contributed by atoms with Crippen LogP contribution in [0.5, 0.6) is 0 Å². The molecule has 0 saturated heterocycles. The van der Waals surface area contributed by atoms with E-state index in [9.17, 15) is 19.2 Å². The van der Waals surface area contributed by atoms with Gasteiger partial charge in [0.05, 0.1) is 11.4 Å². The molecule has 2 amide bonds. The predicted molar refractivity (Wildman–Crippen MR) is 127 cm³/mol. The summed E-state index contributed by atoms with van der Waals surface area (Å²) in [5, 5.41) is 7.89. The Balaban J connectivity index is 1.40. The highest BCUT2D eigenvalue weighted by Gasteiger charge is 2.27. The molecule has 8 nitrogen and oxygen atoms in total. The molecule has 0 unspecified atom stereocenters. The first-order valence-electron chi connectivity index (χ1n) is 10.6. The fraction of sp³-hybridized carbons (Fsp3) is 0.115. The summed E-state index contributed by atoms with van der Waals surface area (Å²) in [6.45, 7) is -0.564. The van der Waals surface area contributed by atoms with Crippen LogP contribution in [-0.4, -0.2) is 35.9 Å². The van der Waals surface area contributed by atoms with Gasteiger partial charge in [0.25, 0.3) is 5.91 Å². The van der Waals surface area contributed by atoms with Crippen molar-refractivity contribution < 1.29 is 23.9 Å². The molecule has 0 atom stereocenters.